The standard InChI is InChI=1S/C18H24N2O4/c1-5-15(21)13-8-9-16-14(10-13)20(18(23)12(4)24-16)11-17(22)19(6-2)7-3/h8-10,12H,5-7,11H2,1-4H3. The fourth-order valence-electron chi connectivity index (χ4n) is 2.76. The SMILES string of the molecule is CCC(=O)c1ccc2c(c1)N(CC(=O)N(CC)CC)C(=O)C(C)O2. The fraction of sp³-hybridized carbons (Fsp3) is 0.500. The third kappa shape index (κ3) is 3.42. The van der Waals surface area contributed by atoms with E-state index in [1.54, 1.807) is 36.9 Å². The van der Waals surface area contributed by atoms with E-state index in [0.29, 0.717) is 36.5 Å². The molecule has 0 bridgehead atoms. The summed E-state index contributed by atoms with van der Waals surface area (Å²) in [7, 11) is 0. The maximum Gasteiger partial charge on any atom is 0.268 e. The van der Waals surface area contributed by atoms with Crippen molar-refractivity contribution in [2.75, 3.05) is 24.5 Å². The Morgan fingerprint density at radius 1 is 1.21 bits per heavy atom. The van der Waals surface area contributed by atoms with Gasteiger partial charge in [-0.25, -0.2) is 0 Å². The van der Waals surface area contributed by atoms with Crippen LogP contribution in [-0.2, 0) is 9.59 Å². The second-order valence-electron chi connectivity index (χ2n) is 5.71. The second kappa shape index (κ2) is 7.47. The van der Waals surface area contributed by atoms with E-state index in [9.17, 15) is 14.4 Å². The molecule has 0 aromatic heterocycles. The van der Waals surface area contributed by atoms with Crippen LogP contribution in [-0.4, -0.2) is 48.2 Å². The lowest BCUT2D eigenvalue weighted by Gasteiger charge is -2.34. The second-order valence-corrected chi connectivity index (χ2v) is 5.71. The van der Waals surface area contributed by atoms with Gasteiger partial charge in [-0.1, -0.05) is 6.92 Å². The van der Waals surface area contributed by atoms with Crippen molar-refractivity contribution in [1.82, 2.24) is 4.90 Å². The number of likely N-dealkylation sites (N-methyl/N-ethyl adjacent to an activating group) is 1. The number of rotatable bonds is 6. The zero-order valence-corrected chi connectivity index (χ0v) is 14.7. The molecule has 0 N–H and O–H groups in total. The van der Waals surface area contributed by atoms with Crippen molar-refractivity contribution in [1.29, 1.82) is 0 Å². The molecule has 1 aliphatic rings. The Morgan fingerprint density at radius 2 is 1.88 bits per heavy atom. The average Bonchev–Trinajstić information content (AvgIpc) is 2.59. The van der Waals surface area contributed by atoms with E-state index in [0.717, 1.165) is 0 Å². The van der Waals surface area contributed by atoms with Crippen LogP contribution in [0.3, 0.4) is 0 Å². The number of ketones is 1. The molecule has 0 saturated carbocycles. The van der Waals surface area contributed by atoms with Gasteiger partial charge in [0, 0.05) is 25.1 Å². The van der Waals surface area contributed by atoms with E-state index in [1.165, 1.54) is 4.90 Å². The molecular formula is C18H24N2O4. The van der Waals surface area contributed by atoms with E-state index in [1.807, 2.05) is 13.8 Å². The first-order valence-electron chi connectivity index (χ1n) is 8.35. The number of nitrogens with zero attached hydrogens (tertiary/aromatic N) is 2. The van der Waals surface area contributed by atoms with Crippen LogP contribution in [0.5, 0.6) is 5.75 Å². The van der Waals surface area contributed by atoms with Crippen molar-refractivity contribution in [3.05, 3.63) is 23.8 Å². The Labute approximate surface area is 142 Å². The van der Waals surface area contributed by atoms with Gasteiger partial charge in [-0.3, -0.25) is 19.3 Å². The molecule has 0 radical (unpaired) electrons. The minimum atomic E-state index is -0.658. The highest BCUT2D eigenvalue weighted by Gasteiger charge is 2.33. The normalized spacial score (nSPS) is 16.4. The molecule has 2 rings (SSSR count). The molecule has 1 unspecified atom stereocenters. The van der Waals surface area contributed by atoms with Crippen molar-refractivity contribution < 1.29 is 19.1 Å². The number of fused-ring (bicyclic) bond motifs is 1. The number of carbonyl (C=O) groups is 3. The van der Waals surface area contributed by atoms with Crippen LogP contribution in [0.4, 0.5) is 5.69 Å². The van der Waals surface area contributed by atoms with E-state index in [4.69, 9.17) is 4.74 Å². The van der Waals surface area contributed by atoms with Crippen LogP contribution in [0.2, 0.25) is 0 Å². The number of ether oxygens (including phenoxy) is 1. The first-order chi connectivity index (χ1) is 11.4. The minimum Gasteiger partial charge on any atom is -0.479 e. The van der Waals surface area contributed by atoms with Crippen LogP contribution in [0.25, 0.3) is 0 Å². The Bertz CT molecular complexity index is 652. The number of benzene rings is 1. The summed E-state index contributed by atoms with van der Waals surface area (Å²) in [5.41, 5.74) is 1.00. The van der Waals surface area contributed by atoms with Crippen LogP contribution < -0.4 is 9.64 Å². The van der Waals surface area contributed by atoms with Crippen molar-refractivity contribution in [2.45, 2.75) is 40.2 Å². The van der Waals surface area contributed by atoms with Crippen LogP contribution in [0.15, 0.2) is 18.2 Å². The molecule has 6 heteroatoms. The zero-order valence-electron chi connectivity index (χ0n) is 14.7. The highest BCUT2D eigenvalue weighted by Crippen LogP contribution is 2.35. The molecule has 0 aliphatic carbocycles. The number of hydrogen-bond donors (Lipinski definition) is 0. The summed E-state index contributed by atoms with van der Waals surface area (Å²) in [4.78, 5) is 40.0. The Balaban J connectivity index is 2.38. The first kappa shape index (κ1) is 18.0. The van der Waals surface area contributed by atoms with Gasteiger partial charge in [0.1, 0.15) is 12.3 Å². The van der Waals surface area contributed by atoms with Gasteiger partial charge in [0.25, 0.3) is 5.91 Å². The number of hydrogen-bond acceptors (Lipinski definition) is 4. The monoisotopic (exact) mass is 332 g/mol. The summed E-state index contributed by atoms with van der Waals surface area (Å²) in [6, 6.07) is 5.02. The predicted molar refractivity (Wildman–Crippen MR) is 91.4 cm³/mol. The lowest BCUT2D eigenvalue weighted by atomic mass is 10.1. The highest BCUT2D eigenvalue weighted by molar-refractivity contribution is 6.05. The van der Waals surface area contributed by atoms with Gasteiger partial charge in [-0.2, -0.15) is 0 Å². The number of carbonyl (C=O) groups excluding carboxylic acids is 3. The highest BCUT2D eigenvalue weighted by atomic mass is 16.5. The lowest BCUT2D eigenvalue weighted by molar-refractivity contribution is -0.132. The largest absolute Gasteiger partial charge is 0.479 e. The van der Waals surface area contributed by atoms with Gasteiger partial charge in [0.2, 0.25) is 5.91 Å². The molecule has 1 aliphatic heterocycles. The van der Waals surface area contributed by atoms with Gasteiger partial charge in [0.15, 0.2) is 11.9 Å². The smallest absolute Gasteiger partial charge is 0.268 e. The van der Waals surface area contributed by atoms with E-state index in [-0.39, 0.29) is 24.1 Å². The fourth-order valence-corrected chi connectivity index (χ4v) is 2.76. The zero-order chi connectivity index (χ0) is 17.9. The molecule has 6 nitrogen and oxygen atoms in total. The number of anilines is 1. The molecule has 130 valence electrons. The Kier molecular flexibility index (Phi) is 5.59. The third-order valence-electron chi connectivity index (χ3n) is 4.22. The molecule has 0 spiro atoms. The molecular weight excluding hydrogens is 308 g/mol. The minimum absolute atomic E-state index is 0.0149. The van der Waals surface area contributed by atoms with Crippen molar-refractivity contribution >= 4 is 23.3 Å². The molecule has 1 aromatic carbocycles. The van der Waals surface area contributed by atoms with Crippen LogP contribution in [0.1, 0.15) is 44.5 Å². The third-order valence-corrected chi connectivity index (χ3v) is 4.22. The number of amides is 2. The summed E-state index contributed by atoms with van der Waals surface area (Å²) in [6.45, 7) is 8.37. The predicted octanol–water partition coefficient (Wildman–Crippen LogP) is 2.26. The average molecular weight is 332 g/mol. The van der Waals surface area contributed by atoms with Gasteiger partial charge in [-0.05, 0) is 39.0 Å². The van der Waals surface area contributed by atoms with E-state index >= 15 is 0 Å². The van der Waals surface area contributed by atoms with Crippen molar-refractivity contribution in [3.63, 3.8) is 0 Å². The lowest BCUT2D eigenvalue weighted by Crippen LogP contribution is -2.49. The van der Waals surface area contributed by atoms with E-state index in [2.05, 4.69) is 0 Å². The van der Waals surface area contributed by atoms with Crippen LogP contribution in [0, 0.1) is 0 Å². The maximum atomic E-state index is 12.5. The summed E-state index contributed by atoms with van der Waals surface area (Å²) >= 11 is 0. The summed E-state index contributed by atoms with van der Waals surface area (Å²) in [6.07, 6.45) is -0.280. The number of Topliss-reactive ketones (excluding diaryl/α,β-unsaturated/α-hetero) is 1. The molecule has 0 saturated heterocycles. The van der Waals surface area contributed by atoms with Gasteiger partial charge < -0.3 is 9.64 Å². The molecule has 1 heterocycles. The quantitative estimate of drug-likeness (QED) is 0.750. The molecule has 2 amide bonds. The Morgan fingerprint density at radius 3 is 2.46 bits per heavy atom. The summed E-state index contributed by atoms with van der Waals surface area (Å²) in [5, 5.41) is 0. The first-order valence-corrected chi connectivity index (χ1v) is 8.35. The summed E-state index contributed by atoms with van der Waals surface area (Å²) in [5.74, 6) is 0.103. The van der Waals surface area contributed by atoms with Crippen molar-refractivity contribution in [3.8, 4) is 5.75 Å². The van der Waals surface area contributed by atoms with Gasteiger partial charge in [-0.15, -0.1) is 0 Å². The molecule has 0 fully saturated rings. The molecule has 24 heavy (non-hydrogen) atoms. The van der Waals surface area contributed by atoms with Crippen molar-refractivity contribution in [2.24, 2.45) is 0 Å². The summed E-state index contributed by atoms with van der Waals surface area (Å²) < 4.78 is 5.61. The Hall–Kier alpha value is -2.37. The van der Waals surface area contributed by atoms with Crippen LogP contribution >= 0.6 is 0 Å². The molecule has 1 atom stereocenters. The molecule has 1 aromatic rings. The van der Waals surface area contributed by atoms with Gasteiger partial charge in [0.05, 0.1) is 5.69 Å². The maximum absolute atomic E-state index is 12.5. The topological polar surface area (TPSA) is 66.9 Å². The van der Waals surface area contributed by atoms with E-state index < -0.39 is 6.10 Å². The van der Waals surface area contributed by atoms with Gasteiger partial charge >= 0.3 is 0 Å².